The highest BCUT2D eigenvalue weighted by Crippen LogP contribution is 2.25. The molecule has 0 radical (unpaired) electrons. The molecule has 2 aromatic rings. The molecule has 2 saturated heterocycles. The Bertz CT molecular complexity index is 820. The zero-order valence-electron chi connectivity index (χ0n) is 19.0. The molecule has 0 atom stereocenters. The molecular formula is C21H32N6O4S. The van der Waals surface area contributed by atoms with Gasteiger partial charge in [-0.05, 0) is 36.0 Å². The number of nitrogens with zero attached hydrogens (tertiary/aromatic N) is 6. The van der Waals surface area contributed by atoms with Crippen LogP contribution in [0.2, 0.25) is 0 Å². The van der Waals surface area contributed by atoms with Crippen LogP contribution in [-0.2, 0) is 9.22 Å². The first kappa shape index (κ1) is 23.1. The quantitative estimate of drug-likeness (QED) is 0.237. The third kappa shape index (κ3) is 6.03. The molecule has 11 heteroatoms. The third-order valence-corrected chi connectivity index (χ3v) is 6.57. The van der Waals surface area contributed by atoms with Gasteiger partial charge < -0.3 is 19.1 Å². The number of hydrogen-bond donors (Lipinski definition) is 0. The van der Waals surface area contributed by atoms with Crippen LogP contribution in [0.4, 0.5) is 11.8 Å². The lowest BCUT2D eigenvalue weighted by Gasteiger charge is -2.33. The molecule has 32 heavy (non-hydrogen) atoms. The molecule has 2 aliphatic heterocycles. The van der Waals surface area contributed by atoms with Gasteiger partial charge in [-0.1, -0.05) is 13.8 Å². The minimum Gasteiger partial charge on any atom is -0.492 e. The summed E-state index contributed by atoms with van der Waals surface area (Å²) in [7, 11) is 1.51. The monoisotopic (exact) mass is 464 g/mol. The van der Waals surface area contributed by atoms with Crippen LogP contribution in [0.3, 0.4) is 0 Å². The summed E-state index contributed by atoms with van der Waals surface area (Å²) in [6.45, 7) is 10.2. The van der Waals surface area contributed by atoms with E-state index in [1.54, 1.807) is 0 Å². The number of ether oxygens (including phenoxy) is 1. The highest BCUT2D eigenvalue weighted by atomic mass is 32.2. The molecule has 2 aromatic heterocycles. The number of anilines is 2. The van der Waals surface area contributed by atoms with Gasteiger partial charge >= 0.3 is 0 Å². The summed E-state index contributed by atoms with van der Waals surface area (Å²) in [5.74, 6) is 3.96. The molecule has 2 fully saturated rings. The molecule has 0 N–H and O–H groups in total. The summed E-state index contributed by atoms with van der Waals surface area (Å²) in [6.07, 6.45) is 3.92. The molecule has 0 spiro atoms. The molecule has 0 aliphatic carbocycles. The lowest BCUT2D eigenvalue weighted by Crippen LogP contribution is -2.43. The van der Waals surface area contributed by atoms with Crippen molar-refractivity contribution >= 4 is 24.0 Å². The molecule has 2 aliphatic rings. The van der Waals surface area contributed by atoms with Crippen molar-refractivity contribution in [2.45, 2.75) is 32.6 Å². The number of hydrogen-bond acceptors (Lipinski definition) is 11. The third-order valence-electron chi connectivity index (χ3n) is 5.80. The van der Waals surface area contributed by atoms with E-state index in [-0.39, 0.29) is 5.92 Å². The topological polar surface area (TPSA) is 89.2 Å². The van der Waals surface area contributed by atoms with E-state index >= 15 is 0 Å². The van der Waals surface area contributed by atoms with Crippen LogP contribution < -0.4 is 14.5 Å². The van der Waals surface area contributed by atoms with Gasteiger partial charge in [-0.15, -0.1) is 4.33 Å². The van der Waals surface area contributed by atoms with Gasteiger partial charge in [-0.25, -0.2) is 14.2 Å². The molecule has 10 nitrogen and oxygen atoms in total. The fourth-order valence-electron chi connectivity index (χ4n) is 3.81. The molecule has 4 heterocycles. The van der Waals surface area contributed by atoms with Gasteiger partial charge in [-0.3, -0.25) is 0 Å². The first-order valence-corrected chi connectivity index (χ1v) is 11.9. The normalized spacial score (nSPS) is 18.5. The minimum atomic E-state index is 0.251. The van der Waals surface area contributed by atoms with Crippen molar-refractivity contribution in [1.29, 1.82) is 0 Å². The Kier molecular flexibility index (Phi) is 8.06. The summed E-state index contributed by atoms with van der Waals surface area (Å²) >= 11 is 1.25. The van der Waals surface area contributed by atoms with Crippen molar-refractivity contribution in [3.05, 3.63) is 24.2 Å². The van der Waals surface area contributed by atoms with Crippen LogP contribution in [0.15, 0.2) is 22.9 Å². The predicted octanol–water partition coefficient (Wildman–Crippen LogP) is 3.15. The van der Waals surface area contributed by atoms with Gasteiger partial charge in [0.25, 0.3) is 5.95 Å². The zero-order valence-corrected chi connectivity index (χ0v) is 19.8. The lowest BCUT2D eigenvalue weighted by atomic mass is 9.98. The van der Waals surface area contributed by atoms with Gasteiger partial charge in [0.15, 0.2) is 0 Å². The fourth-order valence-corrected chi connectivity index (χ4v) is 4.27. The lowest BCUT2D eigenvalue weighted by molar-refractivity contribution is -0.163. The Hall–Kier alpha value is -2.08. The van der Waals surface area contributed by atoms with Gasteiger partial charge in [0.2, 0.25) is 5.89 Å². The molecule has 0 unspecified atom stereocenters. The van der Waals surface area contributed by atoms with Gasteiger partial charge in [0, 0.05) is 45.2 Å². The fraction of sp³-hybridized carbons (Fsp3) is 0.667. The van der Waals surface area contributed by atoms with E-state index in [0.29, 0.717) is 24.4 Å². The van der Waals surface area contributed by atoms with Crippen LogP contribution in [0.25, 0.3) is 0 Å². The predicted molar refractivity (Wildman–Crippen MR) is 123 cm³/mol. The maximum absolute atomic E-state index is 6.03. The molecule has 0 bridgehead atoms. The number of aromatic nitrogens is 3. The summed E-state index contributed by atoms with van der Waals surface area (Å²) < 4.78 is 18.4. The average Bonchev–Trinajstić information content (AvgIpc) is 3.33. The van der Waals surface area contributed by atoms with Crippen molar-refractivity contribution in [2.75, 3.05) is 62.8 Å². The van der Waals surface area contributed by atoms with E-state index in [1.807, 2.05) is 18.3 Å². The number of pyridine rings is 1. The average molecular weight is 465 g/mol. The number of piperidine rings is 1. The first-order chi connectivity index (χ1) is 15.6. The van der Waals surface area contributed by atoms with Crippen molar-refractivity contribution in [3.63, 3.8) is 0 Å². The van der Waals surface area contributed by atoms with Crippen LogP contribution >= 0.6 is 12.2 Å². The van der Waals surface area contributed by atoms with E-state index in [2.05, 4.69) is 48.0 Å². The van der Waals surface area contributed by atoms with E-state index in [0.717, 1.165) is 63.7 Å². The van der Waals surface area contributed by atoms with Crippen molar-refractivity contribution in [3.8, 4) is 5.75 Å². The van der Waals surface area contributed by atoms with Gasteiger partial charge in [0.05, 0.1) is 19.9 Å². The SMILES string of the molecule is COOSN1CCN(c2ccc(OCC3CCN(c4noc(C(C)C)n4)CC3)cn2)CC1. The second kappa shape index (κ2) is 11.2. The Morgan fingerprint density at radius 2 is 1.88 bits per heavy atom. The largest absolute Gasteiger partial charge is 0.492 e. The van der Waals surface area contributed by atoms with Crippen molar-refractivity contribution < 1.29 is 18.5 Å². The molecule has 0 amide bonds. The molecule has 0 aromatic carbocycles. The Balaban J connectivity index is 1.18. The summed E-state index contributed by atoms with van der Waals surface area (Å²) in [6, 6.07) is 4.05. The summed E-state index contributed by atoms with van der Waals surface area (Å²) in [4.78, 5) is 18.2. The maximum Gasteiger partial charge on any atom is 0.266 e. The standard InChI is InChI=1S/C21H32N6O4S/c1-16(2)20-23-21(24-30-20)26-8-6-17(7-9-26)15-29-18-4-5-19(22-14-18)25-10-12-27(13-11-25)32-31-28-3/h4-5,14,16-17H,6-13,15H2,1-3H3. The number of piperazine rings is 1. The highest BCUT2D eigenvalue weighted by molar-refractivity contribution is 7.92. The second-order valence-electron chi connectivity index (χ2n) is 8.41. The van der Waals surface area contributed by atoms with Gasteiger partial charge in [-0.2, -0.15) is 4.98 Å². The Labute approximate surface area is 193 Å². The zero-order chi connectivity index (χ0) is 22.3. The number of rotatable bonds is 9. The van der Waals surface area contributed by atoms with E-state index in [4.69, 9.17) is 13.6 Å². The first-order valence-electron chi connectivity index (χ1n) is 11.2. The summed E-state index contributed by atoms with van der Waals surface area (Å²) in [5.41, 5.74) is 0. The van der Waals surface area contributed by atoms with E-state index in [1.165, 1.54) is 19.3 Å². The Morgan fingerprint density at radius 3 is 2.50 bits per heavy atom. The summed E-state index contributed by atoms with van der Waals surface area (Å²) in [5, 5.41) is 4.12. The smallest absolute Gasteiger partial charge is 0.266 e. The van der Waals surface area contributed by atoms with Gasteiger partial charge in [0.1, 0.15) is 23.8 Å². The molecular weight excluding hydrogens is 432 g/mol. The van der Waals surface area contributed by atoms with Crippen LogP contribution in [-0.4, -0.2) is 72.4 Å². The highest BCUT2D eigenvalue weighted by Gasteiger charge is 2.24. The maximum atomic E-state index is 6.03. The van der Waals surface area contributed by atoms with Crippen molar-refractivity contribution in [1.82, 2.24) is 19.4 Å². The van der Waals surface area contributed by atoms with Crippen LogP contribution in [0, 0.1) is 5.92 Å². The molecule has 176 valence electrons. The molecule has 0 saturated carbocycles. The Morgan fingerprint density at radius 1 is 1.09 bits per heavy atom. The van der Waals surface area contributed by atoms with E-state index < -0.39 is 0 Å². The second-order valence-corrected chi connectivity index (χ2v) is 9.21. The minimum absolute atomic E-state index is 0.251. The van der Waals surface area contributed by atoms with Crippen molar-refractivity contribution in [2.24, 2.45) is 5.92 Å². The van der Waals surface area contributed by atoms with Crippen LogP contribution in [0.5, 0.6) is 5.75 Å². The van der Waals surface area contributed by atoms with E-state index in [9.17, 15) is 0 Å². The molecule has 4 rings (SSSR count). The van der Waals surface area contributed by atoms with Crippen LogP contribution in [0.1, 0.15) is 38.5 Å².